The largest absolute Gasteiger partial charge is 0.253 e. The number of halogens is 4. The van der Waals surface area contributed by atoms with Crippen molar-refractivity contribution in [1.82, 2.24) is 4.98 Å². The third-order valence-corrected chi connectivity index (χ3v) is 22.0. The predicted molar refractivity (Wildman–Crippen MR) is 415 cm³/mol. The monoisotopic (exact) mass is 1330 g/mol. The molecule has 12 aromatic carbocycles. The molecule has 97 heavy (non-hydrogen) atoms. The number of nitrogens with zero attached hydrogens (tertiary/aromatic N) is 1. The van der Waals surface area contributed by atoms with Crippen LogP contribution in [0.1, 0.15) is 180 Å². The molecule has 500 valence electrons. The maximum Gasteiger partial charge on any atom is 0.165 e. The number of para-hydroxylation sites is 1. The Morgan fingerprint density at radius 2 is 0.804 bits per heavy atom. The number of hydrogen-bond donors (Lipinski definition) is 0. The van der Waals surface area contributed by atoms with Gasteiger partial charge in [0.1, 0.15) is 0 Å². The van der Waals surface area contributed by atoms with Crippen molar-refractivity contribution in [1.29, 1.82) is 0 Å². The lowest BCUT2D eigenvalue weighted by atomic mass is 9.89. The number of rotatable bonds is 8. The molecule has 0 amide bonds. The molecule has 0 saturated carbocycles. The lowest BCUT2D eigenvalue weighted by Crippen LogP contribution is -2.38. The molecule has 13 aromatic rings. The highest BCUT2D eigenvalue weighted by atomic mass is 32.2. The van der Waals surface area contributed by atoms with E-state index in [0.29, 0.717) is 29.6 Å². The van der Waals surface area contributed by atoms with E-state index in [1.54, 1.807) is 0 Å². The third kappa shape index (κ3) is 19.4. The SMILES string of the molecule is CC(C)c1ccc2ccc3cccc4ccc1c2c34.CC(C)c1ccc2ccccc2n1.CC(C)c1cccc2c1Sc1ccccc1C2.C[SiH](c1ccccc1)c1ccccc1.Cc1c(F)c(F)c(C(C)C)c(F)c1F.Cc1ccc(C(C)C)cc1.Cc1ccc(C(C)C)cc1. The van der Waals surface area contributed by atoms with E-state index < -0.39 is 49.1 Å². The number of hydrogen-bond acceptors (Lipinski definition) is 2. The molecule has 1 aromatic heterocycles. The molecular weight excluding hydrogens is 1230 g/mol. The van der Waals surface area contributed by atoms with E-state index in [0.717, 1.165) is 18.9 Å². The van der Waals surface area contributed by atoms with Gasteiger partial charge in [-0.2, -0.15) is 0 Å². The maximum atomic E-state index is 13.2. The van der Waals surface area contributed by atoms with Crippen molar-refractivity contribution < 1.29 is 17.6 Å². The molecule has 0 fully saturated rings. The van der Waals surface area contributed by atoms with Gasteiger partial charge < -0.3 is 0 Å². The van der Waals surface area contributed by atoms with Gasteiger partial charge in [0.25, 0.3) is 0 Å². The van der Waals surface area contributed by atoms with Gasteiger partial charge in [-0.1, -0.05) is 347 Å². The van der Waals surface area contributed by atoms with Crippen molar-refractivity contribution in [2.45, 2.75) is 162 Å². The minimum Gasteiger partial charge on any atom is -0.253 e. The van der Waals surface area contributed by atoms with E-state index in [9.17, 15) is 17.6 Å². The van der Waals surface area contributed by atoms with Crippen LogP contribution in [-0.4, -0.2) is 13.8 Å². The lowest BCUT2D eigenvalue weighted by molar-refractivity contribution is 0.425. The molecule has 1 aliphatic rings. The van der Waals surface area contributed by atoms with Gasteiger partial charge in [0.05, 0.1) is 14.3 Å². The highest BCUT2D eigenvalue weighted by molar-refractivity contribution is 7.99. The summed E-state index contributed by atoms with van der Waals surface area (Å²) in [5, 5.41) is 12.5. The van der Waals surface area contributed by atoms with Gasteiger partial charge >= 0.3 is 0 Å². The Kier molecular flexibility index (Phi) is 26.8. The highest BCUT2D eigenvalue weighted by Crippen LogP contribution is 2.43. The van der Waals surface area contributed by atoms with Gasteiger partial charge in [-0.25, -0.2) is 17.6 Å². The minimum atomic E-state index is -1.31. The van der Waals surface area contributed by atoms with Crippen LogP contribution in [0, 0.1) is 44.0 Å². The molecule has 0 bridgehead atoms. The highest BCUT2D eigenvalue weighted by Gasteiger charge is 2.25. The molecule has 0 radical (unpaired) electrons. The summed E-state index contributed by atoms with van der Waals surface area (Å²) in [4.78, 5) is 7.49. The summed E-state index contributed by atoms with van der Waals surface area (Å²) in [6.07, 6.45) is 1.08. The second-order valence-electron chi connectivity index (χ2n) is 27.2. The zero-order chi connectivity index (χ0) is 70.0. The first kappa shape index (κ1) is 74.2. The normalized spacial score (nSPS) is 11.5. The summed E-state index contributed by atoms with van der Waals surface area (Å²) in [5.41, 5.74) is 12.5. The summed E-state index contributed by atoms with van der Waals surface area (Å²) < 4.78 is 52.4. The van der Waals surface area contributed by atoms with Crippen LogP contribution in [0.5, 0.6) is 0 Å². The standard InChI is InChI=1S/C19H16.C16H16S.C13H14Si.C12H13N.C10H10F4.2C10H14/c1-12(2)16-10-8-15-7-6-13-4-3-5-14-9-11-17(16)19(15)18(13)14;1-11(2)14-8-5-7-13-10-12-6-3-4-9-15(12)17-16(13)14;1-14(12-8-4-2-5-9-12)13-10-6-3-7-11-13;1-9(2)11-8-7-10-5-3-4-6-12(10)13-11;1-4(2)6-9(13)7(11)5(3)8(12)10(6)14;2*1-8(2)10-6-4-9(3)5-7-10/h3-12H,1-2H3;3-9,11H,10H2,1-2H3;2-11,14H,1H3;3-9H,1-2H3;4H,1-3H3;2*4-8H,1-3H3. The fraction of sp³-hybridized carbons (Fsp3) is 0.256. The van der Waals surface area contributed by atoms with E-state index in [-0.39, 0.29) is 0 Å². The molecule has 0 atom stereocenters. The van der Waals surface area contributed by atoms with Crippen molar-refractivity contribution in [3.05, 3.63) is 327 Å². The summed E-state index contributed by atoms with van der Waals surface area (Å²) in [6.45, 7) is 32.8. The molecule has 1 aliphatic heterocycles. The lowest BCUT2D eigenvalue weighted by Gasteiger charge is -2.22. The van der Waals surface area contributed by atoms with E-state index in [4.69, 9.17) is 0 Å². The first-order chi connectivity index (χ1) is 46.4. The molecule has 0 unspecified atom stereocenters. The van der Waals surface area contributed by atoms with Gasteiger partial charge in [-0.15, -0.1) is 0 Å². The molecule has 0 spiro atoms. The van der Waals surface area contributed by atoms with Gasteiger partial charge in [0.2, 0.25) is 0 Å². The molecule has 7 heteroatoms. The van der Waals surface area contributed by atoms with Gasteiger partial charge in [-0.05, 0) is 147 Å². The summed E-state index contributed by atoms with van der Waals surface area (Å²) in [5.74, 6) is -2.84. The second kappa shape index (κ2) is 35.1. The quantitative estimate of drug-likeness (QED) is 0.0651. The number of fused-ring (bicyclic) bond motifs is 3. The van der Waals surface area contributed by atoms with Crippen LogP contribution in [0.15, 0.2) is 252 Å². The molecule has 0 saturated heterocycles. The molecule has 0 aliphatic carbocycles. The first-order valence-electron chi connectivity index (χ1n) is 34.4. The van der Waals surface area contributed by atoms with Crippen LogP contribution in [0.4, 0.5) is 17.6 Å². The van der Waals surface area contributed by atoms with Crippen LogP contribution in [0.2, 0.25) is 6.55 Å². The van der Waals surface area contributed by atoms with Crippen LogP contribution in [-0.2, 0) is 6.42 Å². The zero-order valence-electron chi connectivity index (χ0n) is 59.7. The third-order valence-electron chi connectivity index (χ3n) is 17.9. The molecule has 1 nitrogen and oxygen atoms in total. The molecule has 0 N–H and O–H groups in total. The van der Waals surface area contributed by atoms with Crippen molar-refractivity contribution in [2.75, 3.05) is 0 Å². The average molecular weight is 1330 g/mol. The van der Waals surface area contributed by atoms with Crippen molar-refractivity contribution in [3.8, 4) is 0 Å². The number of benzene rings is 12. The van der Waals surface area contributed by atoms with Crippen LogP contribution in [0.25, 0.3) is 43.2 Å². The topological polar surface area (TPSA) is 12.9 Å². The fourth-order valence-electron chi connectivity index (χ4n) is 11.9. The molecule has 14 rings (SSSR count). The van der Waals surface area contributed by atoms with Crippen molar-refractivity contribution in [2.24, 2.45) is 0 Å². The number of aryl methyl sites for hydroxylation is 2. The van der Waals surface area contributed by atoms with E-state index in [1.807, 2.05) is 23.9 Å². The van der Waals surface area contributed by atoms with Gasteiger partial charge in [0, 0.05) is 32.0 Å². The Balaban J connectivity index is 0.000000146. The molecule has 2 heterocycles. The van der Waals surface area contributed by atoms with E-state index in [2.05, 4.69) is 325 Å². The van der Waals surface area contributed by atoms with Crippen molar-refractivity contribution >= 4 is 74.2 Å². The van der Waals surface area contributed by atoms with Gasteiger partial charge in [-0.3, -0.25) is 4.98 Å². The minimum absolute atomic E-state index is 0.504. The Hall–Kier alpha value is -8.62. The summed E-state index contributed by atoms with van der Waals surface area (Å²) in [6, 6.07) is 87.1. The van der Waals surface area contributed by atoms with E-state index >= 15 is 0 Å². The van der Waals surface area contributed by atoms with Crippen molar-refractivity contribution in [3.63, 3.8) is 0 Å². The first-order valence-corrected chi connectivity index (χ1v) is 37.5. The zero-order valence-corrected chi connectivity index (χ0v) is 61.7. The number of pyridine rings is 1. The Morgan fingerprint density at radius 1 is 0.361 bits per heavy atom. The second-order valence-corrected chi connectivity index (χ2v) is 31.1. The predicted octanol–water partition coefficient (Wildman–Crippen LogP) is 25.5. The Bertz CT molecular complexity index is 4480. The van der Waals surface area contributed by atoms with Crippen LogP contribution in [0.3, 0.4) is 0 Å². The average Bonchev–Trinajstić information content (AvgIpc) is 0.744. The Labute approximate surface area is 582 Å². The molecular formula is C90H97F4NSSi. The summed E-state index contributed by atoms with van der Waals surface area (Å²) >= 11 is 1.94. The van der Waals surface area contributed by atoms with Crippen LogP contribution < -0.4 is 10.4 Å². The van der Waals surface area contributed by atoms with Gasteiger partial charge in [0.15, 0.2) is 23.3 Å². The van der Waals surface area contributed by atoms with E-state index in [1.165, 1.54) is 122 Å². The maximum absolute atomic E-state index is 13.2. The number of aromatic nitrogens is 1. The smallest absolute Gasteiger partial charge is 0.165 e. The summed E-state index contributed by atoms with van der Waals surface area (Å²) in [7, 11) is -0.919. The Morgan fingerprint density at radius 3 is 1.32 bits per heavy atom. The van der Waals surface area contributed by atoms with Crippen LogP contribution >= 0.6 is 11.8 Å². The fourth-order valence-corrected chi connectivity index (χ4v) is 15.2.